The first-order valence-corrected chi connectivity index (χ1v) is 5.38. The standard InChI is InChI=1S/C12H8ClNO3/c13-8-1-2-10-9(7-8)12(16-5-6-17-12)4-3-11(15)14-10/h1-7H,(H,14,15). The van der Waals surface area contributed by atoms with Gasteiger partial charge in [0.05, 0.1) is 11.3 Å². The molecule has 86 valence electrons. The second-order valence-electron chi connectivity index (χ2n) is 3.69. The summed E-state index contributed by atoms with van der Waals surface area (Å²) in [6.45, 7) is 0. The Labute approximate surface area is 102 Å². The molecule has 1 spiro atoms. The summed E-state index contributed by atoms with van der Waals surface area (Å²) in [7, 11) is 0. The molecule has 2 aliphatic rings. The van der Waals surface area contributed by atoms with Crippen LogP contribution in [0.15, 0.2) is 42.9 Å². The highest BCUT2D eigenvalue weighted by Crippen LogP contribution is 2.40. The first kappa shape index (κ1) is 10.2. The minimum Gasteiger partial charge on any atom is -0.449 e. The fraction of sp³-hybridized carbons (Fsp3) is 0.0833. The van der Waals surface area contributed by atoms with Gasteiger partial charge in [0.1, 0.15) is 12.5 Å². The third kappa shape index (κ3) is 1.57. The molecule has 4 nitrogen and oxygen atoms in total. The van der Waals surface area contributed by atoms with Gasteiger partial charge in [-0.25, -0.2) is 0 Å². The van der Waals surface area contributed by atoms with Gasteiger partial charge in [0.15, 0.2) is 0 Å². The molecule has 1 amide bonds. The Hall–Kier alpha value is -1.94. The average Bonchev–Trinajstić information content (AvgIpc) is 2.73. The largest absolute Gasteiger partial charge is 0.449 e. The van der Waals surface area contributed by atoms with Gasteiger partial charge < -0.3 is 14.8 Å². The van der Waals surface area contributed by atoms with Crippen LogP contribution in [0.3, 0.4) is 0 Å². The van der Waals surface area contributed by atoms with Crippen molar-refractivity contribution in [2.24, 2.45) is 0 Å². The lowest BCUT2D eigenvalue weighted by molar-refractivity contribution is -0.113. The molecule has 3 rings (SSSR count). The summed E-state index contributed by atoms with van der Waals surface area (Å²) in [5.74, 6) is -1.33. The second kappa shape index (κ2) is 3.53. The normalized spacial score (nSPS) is 19.2. The Balaban J connectivity index is 2.21. The summed E-state index contributed by atoms with van der Waals surface area (Å²) >= 11 is 5.96. The van der Waals surface area contributed by atoms with E-state index in [0.29, 0.717) is 16.3 Å². The van der Waals surface area contributed by atoms with Gasteiger partial charge in [0, 0.05) is 17.2 Å². The zero-order valence-electron chi connectivity index (χ0n) is 8.64. The van der Waals surface area contributed by atoms with Crippen LogP contribution in [0.5, 0.6) is 0 Å². The van der Waals surface area contributed by atoms with Crippen LogP contribution in [0, 0.1) is 0 Å². The van der Waals surface area contributed by atoms with Crippen molar-refractivity contribution in [1.29, 1.82) is 0 Å². The maximum Gasteiger partial charge on any atom is 0.299 e. The van der Waals surface area contributed by atoms with Gasteiger partial charge >= 0.3 is 0 Å². The fourth-order valence-corrected chi connectivity index (χ4v) is 2.03. The van der Waals surface area contributed by atoms with E-state index in [1.165, 1.54) is 18.6 Å². The van der Waals surface area contributed by atoms with Crippen LogP contribution in [0.25, 0.3) is 0 Å². The maximum atomic E-state index is 11.5. The van der Waals surface area contributed by atoms with Crippen molar-refractivity contribution in [3.05, 3.63) is 53.5 Å². The molecule has 2 heterocycles. The molecule has 0 aromatic heterocycles. The predicted octanol–water partition coefficient (Wildman–Crippen LogP) is 2.52. The molecule has 0 atom stereocenters. The molecule has 0 bridgehead atoms. The number of ether oxygens (including phenoxy) is 2. The molecular formula is C12H8ClNO3. The molecule has 0 radical (unpaired) electrons. The van der Waals surface area contributed by atoms with Crippen LogP contribution in [-0.2, 0) is 20.1 Å². The third-order valence-electron chi connectivity index (χ3n) is 2.61. The number of rotatable bonds is 0. The molecule has 0 fully saturated rings. The SMILES string of the molecule is O=C1C=CC2(OC=CO2)c2cc(Cl)ccc2N1. The van der Waals surface area contributed by atoms with Crippen molar-refractivity contribution in [3.63, 3.8) is 0 Å². The van der Waals surface area contributed by atoms with Gasteiger partial charge in [-0.3, -0.25) is 4.79 Å². The van der Waals surface area contributed by atoms with Gasteiger partial charge in [0.25, 0.3) is 5.79 Å². The number of carbonyl (C=O) groups is 1. The van der Waals surface area contributed by atoms with E-state index in [2.05, 4.69) is 5.32 Å². The molecule has 17 heavy (non-hydrogen) atoms. The van der Waals surface area contributed by atoms with Gasteiger partial charge in [-0.15, -0.1) is 0 Å². The van der Waals surface area contributed by atoms with E-state index >= 15 is 0 Å². The molecule has 1 N–H and O–H groups in total. The van der Waals surface area contributed by atoms with Crippen LogP contribution >= 0.6 is 11.6 Å². The van der Waals surface area contributed by atoms with E-state index in [9.17, 15) is 4.79 Å². The smallest absolute Gasteiger partial charge is 0.299 e. The summed E-state index contributed by atoms with van der Waals surface area (Å²) in [5.41, 5.74) is 1.28. The lowest BCUT2D eigenvalue weighted by atomic mass is 10.0. The van der Waals surface area contributed by atoms with Crippen LogP contribution in [-0.4, -0.2) is 5.91 Å². The molecule has 0 saturated carbocycles. The van der Waals surface area contributed by atoms with E-state index in [1.807, 2.05) is 0 Å². The van der Waals surface area contributed by atoms with Gasteiger partial charge in [-0.1, -0.05) is 11.6 Å². The Kier molecular flexibility index (Phi) is 2.12. The second-order valence-corrected chi connectivity index (χ2v) is 4.12. The summed E-state index contributed by atoms with van der Waals surface area (Å²) < 4.78 is 10.9. The number of benzene rings is 1. The molecular weight excluding hydrogens is 242 g/mol. The number of halogens is 1. The molecule has 1 aromatic carbocycles. The van der Waals surface area contributed by atoms with Crippen molar-refractivity contribution >= 4 is 23.2 Å². The van der Waals surface area contributed by atoms with E-state index in [4.69, 9.17) is 21.1 Å². The number of fused-ring (bicyclic) bond motifs is 2. The monoisotopic (exact) mass is 249 g/mol. The van der Waals surface area contributed by atoms with E-state index in [1.54, 1.807) is 24.3 Å². The molecule has 0 saturated heterocycles. The first-order valence-electron chi connectivity index (χ1n) is 5.00. The lowest BCUT2D eigenvalue weighted by Gasteiger charge is -2.25. The summed E-state index contributed by atoms with van der Waals surface area (Å²) in [5, 5.41) is 3.28. The summed E-state index contributed by atoms with van der Waals surface area (Å²) in [4.78, 5) is 11.5. The Bertz CT molecular complexity index is 543. The molecule has 2 aliphatic heterocycles. The molecule has 0 aliphatic carbocycles. The topological polar surface area (TPSA) is 47.6 Å². The van der Waals surface area contributed by atoms with Crippen LogP contribution in [0.2, 0.25) is 5.02 Å². The highest BCUT2D eigenvalue weighted by molar-refractivity contribution is 6.30. The zero-order valence-corrected chi connectivity index (χ0v) is 9.40. The Morgan fingerprint density at radius 1 is 1.24 bits per heavy atom. The Morgan fingerprint density at radius 3 is 2.76 bits per heavy atom. The quantitative estimate of drug-likeness (QED) is 0.769. The van der Waals surface area contributed by atoms with E-state index in [0.717, 1.165) is 0 Å². The van der Waals surface area contributed by atoms with Crippen molar-refractivity contribution in [1.82, 2.24) is 0 Å². The maximum absolute atomic E-state index is 11.5. The third-order valence-corrected chi connectivity index (χ3v) is 2.85. The Morgan fingerprint density at radius 2 is 2.00 bits per heavy atom. The zero-order chi connectivity index (χ0) is 11.9. The lowest BCUT2D eigenvalue weighted by Crippen LogP contribution is -2.24. The number of carbonyl (C=O) groups excluding carboxylic acids is 1. The number of hydrogen-bond donors (Lipinski definition) is 1. The summed E-state index contributed by atoms with van der Waals surface area (Å²) in [6.07, 6.45) is 5.81. The van der Waals surface area contributed by atoms with Crippen LogP contribution < -0.4 is 5.32 Å². The van der Waals surface area contributed by atoms with Crippen LogP contribution in [0.4, 0.5) is 5.69 Å². The molecule has 5 heteroatoms. The van der Waals surface area contributed by atoms with Gasteiger partial charge in [0.2, 0.25) is 5.91 Å². The van der Waals surface area contributed by atoms with Crippen molar-refractivity contribution in [2.45, 2.75) is 5.79 Å². The highest BCUT2D eigenvalue weighted by Gasteiger charge is 2.39. The minimum absolute atomic E-state index is 0.232. The van der Waals surface area contributed by atoms with Crippen molar-refractivity contribution in [2.75, 3.05) is 5.32 Å². The summed E-state index contributed by atoms with van der Waals surface area (Å²) in [6, 6.07) is 5.12. The molecule has 0 unspecified atom stereocenters. The van der Waals surface area contributed by atoms with E-state index < -0.39 is 5.79 Å². The predicted molar refractivity (Wildman–Crippen MR) is 62.2 cm³/mol. The highest BCUT2D eigenvalue weighted by atomic mass is 35.5. The number of anilines is 1. The average molecular weight is 250 g/mol. The van der Waals surface area contributed by atoms with Crippen molar-refractivity contribution < 1.29 is 14.3 Å². The number of nitrogens with one attached hydrogen (secondary N) is 1. The van der Waals surface area contributed by atoms with E-state index in [-0.39, 0.29) is 5.91 Å². The first-order chi connectivity index (χ1) is 8.20. The number of hydrogen-bond acceptors (Lipinski definition) is 3. The van der Waals surface area contributed by atoms with Gasteiger partial charge in [-0.2, -0.15) is 0 Å². The molecule has 1 aromatic rings. The van der Waals surface area contributed by atoms with Gasteiger partial charge in [-0.05, 0) is 18.2 Å². The fourth-order valence-electron chi connectivity index (χ4n) is 1.85. The number of amides is 1. The minimum atomic E-state index is -1.10. The van der Waals surface area contributed by atoms with Crippen LogP contribution in [0.1, 0.15) is 5.56 Å². The van der Waals surface area contributed by atoms with Crippen molar-refractivity contribution in [3.8, 4) is 0 Å².